The van der Waals surface area contributed by atoms with Crippen LogP contribution in [0.25, 0.3) is 5.69 Å². The number of imidazole rings is 1. The maximum atomic E-state index is 12.0. The second-order valence-electron chi connectivity index (χ2n) is 5.74. The fraction of sp³-hybridized carbons (Fsp3) is 0.438. The molecule has 1 saturated carbocycles. The van der Waals surface area contributed by atoms with Crippen LogP contribution in [0.15, 0.2) is 35.3 Å². The number of nitrogens with two attached hydrogens (primary N) is 1. The second-order valence-corrected chi connectivity index (χ2v) is 5.74. The van der Waals surface area contributed by atoms with Gasteiger partial charge in [0, 0.05) is 17.6 Å². The lowest BCUT2D eigenvalue weighted by Crippen LogP contribution is -2.14. The number of nitrogens with one attached hydrogen (secondary N) is 1. The predicted molar refractivity (Wildman–Crippen MR) is 81.1 cm³/mol. The van der Waals surface area contributed by atoms with Gasteiger partial charge in [-0.25, -0.2) is 4.79 Å². The molecule has 1 fully saturated rings. The van der Waals surface area contributed by atoms with Crippen LogP contribution in [0, 0.1) is 5.92 Å². The van der Waals surface area contributed by atoms with Crippen molar-refractivity contribution in [2.45, 2.75) is 38.5 Å². The molecule has 1 aromatic carbocycles. The number of aromatic nitrogens is 2. The fourth-order valence-electron chi connectivity index (χ4n) is 3.06. The third-order valence-corrected chi connectivity index (χ3v) is 4.24. The Kier molecular flexibility index (Phi) is 3.63. The largest absolute Gasteiger partial charge is 0.399 e. The van der Waals surface area contributed by atoms with Gasteiger partial charge in [-0.05, 0) is 43.0 Å². The topological polar surface area (TPSA) is 63.8 Å². The summed E-state index contributed by atoms with van der Waals surface area (Å²) in [6, 6.07) is 7.36. The van der Waals surface area contributed by atoms with Gasteiger partial charge in [-0.2, -0.15) is 0 Å². The number of hydrogen-bond donors (Lipinski definition) is 2. The van der Waals surface area contributed by atoms with Gasteiger partial charge in [-0.3, -0.25) is 4.57 Å². The first-order valence-electron chi connectivity index (χ1n) is 7.39. The first-order valence-corrected chi connectivity index (χ1v) is 7.39. The summed E-state index contributed by atoms with van der Waals surface area (Å²) < 4.78 is 1.66. The van der Waals surface area contributed by atoms with Crippen molar-refractivity contribution in [1.29, 1.82) is 0 Å². The first kappa shape index (κ1) is 13.0. The predicted octanol–water partition coefficient (Wildman–Crippen LogP) is 2.87. The van der Waals surface area contributed by atoms with Gasteiger partial charge in [-0.15, -0.1) is 0 Å². The zero-order valence-electron chi connectivity index (χ0n) is 11.6. The van der Waals surface area contributed by atoms with E-state index in [1.54, 1.807) is 4.57 Å². The third-order valence-electron chi connectivity index (χ3n) is 4.24. The van der Waals surface area contributed by atoms with E-state index in [1.807, 2.05) is 30.5 Å². The molecule has 1 aliphatic rings. The first-order chi connectivity index (χ1) is 9.72. The summed E-state index contributed by atoms with van der Waals surface area (Å²) in [6.07, 6.45) is 9.50. The standard InChI is InChI=1S/C16H21N3O/c17-13-6-9-15(10-7-13)19-11-14(18-16(19)20)8-5-12-3-1-2-4-12/h6-7,9-12H,1-5,8,17H2,(H,18,20). The zero-order valence-corrected chi connectivity index (χ0v) is 11.6. The minimum atomic E-state index is -0.0730. The quantitative estimate of drug-likeness (QED) is 0.840. The minimum Gasteiger partial charge on any atom is -0.399 e. The summed E-state index contributed by atoms with van der Waals surface area (Å²) in [5, 5.41) is 0. The van der Waals surface area contributed by atoms with Crippen molar-refractivity contribution < 1.29 is 0 Å². The zero-order chi connectivity index (χ0) is 13.9. The molecule has 0 unspecified atom stereocenters. The van der Waals surface area contributed by atoms with Crippen molar-refractivity contribution in [3.8, 4) is 5.69 Å². The van der Waals surface area contributed by atoms with Crippen molar-refractivity contribution in [3.63, 3.8) is 0 Å². The second kappa shape index (κ2) is 5.57. The van der Waals surface area contributed by atoms with Gasteiger partial charge in [0.2, 0.25) is 0 Å². The number of hydrogen-bond acceptors (Lipinski definition) is 2. The van der Waals surface area contributed by atoms with Crippen molar-refractivity contribution in [2.24, 2.45) is 5.92 Å². The van der Waals surface area contributed by atoms with E-state index in [0.717, 1.165) is 23.7 Å². The van der Waals surface area contributed by atoms with Crippen LogP contribution in [0.2, 0.25) is 0 Å². The number of H-pyrrole nitrogens is 1. The van der Waals surface area contributed by atoms with Crippen molar-refractivity contribution in [2.75, 3.05) is 5.73 Å². The molecule has 20 heavy (non-hydrogen) atoms. The molecule has 0 amide bonds. The molecule has 0 bridgehead atoms. The molecule has 0 radical (unpaired) electrons. The summed E-state index contributed by atoms with van der Waals surface area (Å²) >= 11 is 0. The van der Waals surface area contributed by atoms with Crippen LogP contribution in [-0.4, -0.2) is 9.55 Å². The van der Waals surface area contributed by atoms with Crippen LogP contribution in [0.4, 0.5) is 5.69 Å². The molecule has 2 aromatic rings. The van der Waals surface area contributed by atoms with E-state index in [4.69, 9.17) is 5.73 Å². The van der Waals surface area contributed by atoms with Crippen LogP contribution in [0.5, 0.6) is 0 Å². The van der Waals surface area contributed by atoms with Gasteiger partial charge in [0.25, 0.3) is 0 Å². The van der Waals surface area contributed by atoms with Crippen molar-refractivity contribution >= 4 is 5.69 Å². The Labute approximate surface area is 118 Å². The highest BCUT2D eigenvalue weighted by atomic mass is 16.1. The maximum absolute atomic E-state index is 12.0. The number of rotatable bonds is 4. The van der Waals surface area contributed by atoms with Gasteiger partial charge in [-0.1, -0.05) is 25.7 Å². The van der Waals surface area contributed by atoms with Crippen LogP contribution in [0.1, 0.15) is 37.8 Å². The Hall–Kier alpha value is -1.97. The molecule has 0 aliphatic heterocycles. The Morgan fingerprint density at radius 1 is 1.20 bits per heavy atom. The Balaban J connectivity index is 1.73. The van der Waals surface area contributed by atoms with E-state index in [9.17, 15) is 4.79 Å². The van der Waals surface area contributed by atoms with Crippen molar-refractivity contribution in [1.82, 2.24) is 9.55 Å². The Morgan fingerprint density at radius 3 is 2.60 bits per heavy atom. The number of benzene rings is 1. The summed E-state index contributed by atoms with van der Waals surface area (Å²) in [5.74, 6) is 0.846. The maximum Gasteiger partial charge on any atom is 0.330 e. The number of nitrogens with zero attached hydrogens (tertiary/aromatic N) is 1. The number of aryl methyl sites for hydroxylation is 1. The smallest absolute Gasteiger partial charge is 0.330 e. The molecule has 4 nitrogen and oxygen atoms in total. The van der Waals surface area contributed by atoms with E-state index in [2.05, 4.69) is 4.98 Å². The lowest BCUT2D eigenvalue weighted by molar-refractivity contribution is 0.501. The SMILES string of the molecule is Nc1ccc(-n2cc(CCC3CCCC3)[nH]c2=O)cc1. The van der Waals surface area contributed by atoms with Crippen LogP contribution in [-0.2, 0) is 6.42 Å². The molecule has 4 heteroatoms. The summed E-state index contributed by atoms with van der Waals surface area (Å²) in [6.45, 7) is 0. The van der Waals surface area contributed by atoms with Crippen LogP contribution in [0.3, 0.4) is 0 Å². The van der Waals surface area contributed by atoms with Crippen molar-refractivity contribution in [3.05, 3.63) is 46.6 Å². The van der Waals surface area contributed by atoms with Gasteiger partial charge in [0.05, 0.1) is 5.69 Å². The third kappa shape index (κ3) is 2.79. The molecule has 1 aromatic heterocycles. The monoisotopic (exact) mass is 271 g/mol. The van der Waals surface area contributed by atoms with E-state index in [0.29, 0.717) is 5.69 Å². The minimum absolute atomic E-state index is 0.0730. The number of nitrogen functional groups attached to an aromatic ring is 1. The molecule has 0 spiro atoms. The molecule has 0 atom stereocenters. The van der Waals surface area contributed by atoms with E-state index in [1.165, 1.54) is 32.1 Å². The molecular formula is C16H21N3O. The van der Waals surface area contributed by atoms with E-state index >= 15 is 0 Å². The number of aromatic amines is 1. The van der Waals surface area contributed by atoms with E-state index in [-0.39, 0.29) is 5.69 Å². The average Bonchev–Trinajstić information content (AvgIpc) is 3.07. The molecule has 1 heterocycles. The summed E-state index contributed by atoms with van der Waals surface area (Å²) in [5.41, 5.74) is 8.19. The van der Waals surface area contributed by atoms with Gasteiger partial charge < -0.3 is 10.7 Å². The Morgan fingerprint density at radius 2 is 1.90 bits per heavy atom. The van der Waals surface area contributed by atoms with Crippen LogP contribution < -0.4 is 11.4 Å². The highest BCUT2D eigenvalue weighted by molar-refractivity contribution is 5.45. The summed E-state index contributed by atoms with van der Waals surface area (Å²) in [4.78, 5) is 15.0. The lowest BCUT2D eigenvalue weighted by atomic mass is 10.0. The van der Waals surface area contributed by atoms with E-state index < -0.39 is 0 Å². The van der Waals surface area contributed by atoms with Gasteiger partial charge in [0.15, 0.2) is 0 Å². The molecule has 0 saturated heterocycles. The Bertz CT molecular complexity index is 618. The summed E-state index contributed by atoms with van der Waals surface area (Å²) in [7, 11) is 0. The molecular weight excluding hydrogens is 250 g/mol. The molecule has 1 aliphatic carbocycles. The molecule has 106 valence electrons. The molecule has 3 rings (SSSR count). The average molecular weight is 271 g/mol. The number of anilines is 1. The van der Waals surface area contributed by atoms with Gasteiger partial charge in [0.1, 0.15) is 0 Å². The van der Waals surface area contributed by atoms with Gasteiger partial charge >= 0.3 is 5.69 Å². The fourth-order valence-corrected chi connectivity index (χ4v) is 3.06. The normalized spacial score (nSPS) is 15.8. The highest BCUT2D eigenvalue weighted by Crippen LogP contribution is 2.28. The lowest BCUT2D eigenvalue weighted by Gasteiger charge is -2.06. The van der Waals surface area contributed by atoms with Crippen LogP contribution >= 0.6 is 0 Å². The highest BCUT2D eigenvalue weighted by Gasteiger charge is 2.15. The molecule has 3 N–H and O–H groups in total.